The molecule has 0 fully saturated rings. The Morgan fingerprint density at radius 3 is 2.69 bits per heavy atom. The molecule has 3 aromatic rings. The van der Waals surface area contributed by atoms with Crippen LogP contribution in [0.4, 0.5) is 0 Å². The predicted octanol–water partition coefficient (Wildman–Crippen LogP) is 4.27. The Bertz CT molecular complexity index is 985. The first-order valence-electron chi connectivity index (χ1n) is 7.81. The van der Waals surface area contributed by atoms with Crippen molar-refractivity contribution in [3.8, 4) is 17.4 Å². The highest BCUT2D eigenvalue weighted by Gasteiger charge is 2.08. The number of halogens is 1. The van der Waals surface area contributed by atoms with Crippen LogP contribution in [0.2, 0.25) is 0 Å². The van der Waals surface area contributed by atoms with Crippen LogP contribution in [0.1, 0.15) is 16.9 Å². The quantitative estimate of drug-likeness (QED) is 0.506. The van der Waals surface area contributed by atoms with Gasteiger partial charge >= 0.3 is 0 Å². The summed E-state index contributed by atoms with van der Waals surface area (Å²) >= 11 is 3.35. The molecule has 0 aliphatic rings. The van der Waals surface area contributed by atoms with Crippen LogP contribution in [-0.2, 0) is 11.2 Å². The standard InChI is InChI=1S/C20H14BrN3O2/c21-16-7-5-14(6-8-16)11-20(25)24-23-13-17-9-10-19(26-17)18-4-2-1-3-15(18)12-22/h1-10,13H,11H2,(H,24,25)/b23-13-. The largest absolute Gasteiger partial charge is 0.455 e. The van der Waals surface area contributed by atoms with E-state index in [1.807, 2.05) is 36.4 Å². The molecule has 1 N–H and O–H groups in total. The fraction of sp³-hybridized carbons (Fsp3) is 0.0500. The average Bonchev–Trinajstić information content (AvgIpc) is 3.12. The molecule has 0 bridgehead atoms. The van der Waals surface area contributed by atoms with Crippen molar-refractivity contribution in [3.63, 3.8) is 0 Å². The average molecular weight is 408 g/mol. The molecule has 6 heteroatoms. The van der Waals surface area contributed by atoms with Crippen molar-refractivity contribution in [1.82, 2.24) is 5.43 Å². The monoisotopic (exact) mass is 407 g/mol. The molecule has 1 heterocycles. The van der Waals surface area contributed by atoms with Crippen LogP contribution in [-0.4, -0.2) is 12.1 Å². The molecule has 5 nitrogen and oxygen atoms in total. The summed E-state index contributed by atoms with van der Waals surface area (Å²) in [6.07, 6.45) is 1.67. The molecular formula is C20H14BrN3O2. The number of furan rings is 1. The van der Waals surface area contributed by atoms with E-state index in [-0.39, 0.29) is 12.3 Å². The molecule has 3 rings (SSSR count). The van der Waals surface area contributed by atoms with Crippen LogP contribution in [0.15, 0.2) is 74.7 Å². The summed E-state index contributed by atoms with van der Waals surface area (Å²) in [6.45, 7) is 0. The van der Waals surface area contributed by atoms with Crippen LogP contribution < -0.4 is 5.43 Å². The Labute approximate surface area is 159 Å². The third-order valence-corrected chi connectivity index (χ3v) is 4.13. The maximum Gasteiger partial charge on any atom is 0.244 e. The maximum atomic E-state index is 11.9. The van der Waals surface area contributed by atoms with E-state index in [9.17, 15) is 4.79 Å². The van der Waals surface area contributed by atoms with Gasteiger partial charge in [-0.25, -0.2) is 5.43 Å². The summed E-state index contributed by atoms with van der Waals surface area (Å²) in [7, 11) is 0. The van der Waals surface area contributed by atoms with Gasteiger partial charge in [-0.05, 0) is 42.0 Å². The lowest BCUT2D eigenvalue weighted by molar-refractivity contribution is -0.120. The number of nitrogens with zero attached hydrogens (tertiary/aromatic N) is 2. The Morgan fingerprint density at radius 2 is 1.92 bits per heavy atom. The van der Waals surface area contributed by atoms with E-state index in [1.165, 1.54) is 6.21 Å². The van der Waals surface area contributed by atoms with Crippen LogP contribution in [0.5, 0.6) is 0 Å². The minimum Gasteiger partial charge on any atom is -0.455 e. The summed E-state index contributed by atoms with van der Waals surface area (Å²) in [6, 6.07) is 20.3. The molecule has 1 aromatic heterocycles. The first-order valence-corrected chi connectivity index (χ1v) is 8.60. The van der Waals surface area contributed by atoms with Crippen LogP contribution in [0, 0.1) is 11.3 Å². The van der Waals surface area contributed by atoms with E-state index in [0.717, 1.165) is 10.0 Å². The molecule has 128 valence electrons. The smallest absolute Gasteiger partial charge is 0.244 e. The topological polar surface area (TPSA) is 78.4 Å². The van der Waals surface area contributed by atoms with Crippen molar-refractivity contribution in [2.45, 2.75) is 6.42 Å². The Morgan fingerprint density at radius 1 is 1.15 bits per heavy atom. The number of hydrogen-bond acceptors (Lipinski definition) is 4. The lowest BCUT2D eigenvalue weighted by atomic mass is 10.1. The van der Waals surface area contributed by atoms with E-state index in [0.29, 0.717) is 22.6 Å². The Hall–Kier alpha value is -3.17. The minimum atomic E-state index is -0.217. The van der Waals surface area contributed by atoms with Crippen LogP contribution in [0.3, 0.4) is 0 Å². The molecule has 0 atom stereocenters. The maximum absolute atomic E-state index is 11.9. The van der Waals surface area contributed by atoms with E-state index >= 15 is 0 Å². The highest BCUT2D eigenvalue weighted by Crippen LogP contribution is 2.24. The number of rotatable bonds is 5. The molecule has 0 unspecified atom stereocenters. The second kappa shape index (κ2) is 8.28. The molecule has 1 amide bonds. The number of amides is 1. The van der Waals surface area contributed by atoms with Gasteiger partial charge in [-0.15, -0.1) is 0 Å². The zero-order valence-electron chi connectivity index (χ0n) is 13.6. The van der Waals surface area contributed by atoms with Crippen molar-refractivity contribution in [2.75, 3.05) is 0 Å². The SMILES string of the molecule is N#Cc1ccccc1-c1ccc(/C=N\NC(=O)Cc2ccc(Br)cc2)o1. The summed E-state index contributed by atoms with van der Waals surface area (Å²) in [5, 5.41) is 13.1. The van der Waals surface area contributed by atoms with Crippen molar-refractivity contribution in [1.29, 1.82) is 5.26 Å². The molecule has 0 aliphatic heterocycles. The zero-order valence-corrected chi connectivity index (χ0v) is 15.2. The van der Waals surface area contributed by atoms with Crippen molar-refractivity contribution in [3.05, 3.63) is 82.0 Å². The van der Waals surface area contributed by atoms with Crippen LogP contribution in [0.25, 0.3) is 11.3 Å². The van der Waals surface area contributed by atoms with E-state index in [2.05, 4.69) is 32.5 Å². The van der Waals surface area contributed by atoms with Crippen molar-refractivity contribution < 1.29 is 9.21 Å². The lowest BCUT2D eigenvalue weighted by Gasteiger charge is -2.00. The number of nitriles is 1. The van der Waals surface area contributed by atoms with Gasteiger partial charge in [0.1, 0.15) is 11.5 Å². The number of carbonyl (C=O) groups excluding carboxylic acids is 1. The molecule has 0 spiro atoms. The van der Waals surface area contributed by atoms with Gasteiger partial charge in [0.2, 0.25) is 5.91 Å². The fourth-order valence-electron chi connectivity index (χ4n) is 2.36. The second-order valence-corrected chi connectivity index (χ2v) is 6.37. The molecule has 0 radical (unpaired) electrons. The highest BCUT2D eigenvalue weighted by molar-refractivity contribution is 9.10. The summed E-state index contributed by atoms with van der Waals surface area (Å²) < 4.78 is 6.63. The Kier molecular flexibility index (Phi) is 5.62. The summed E-state index contributed by atoms with van der Waals surface area (Å²) in [4.78, 5) is 11.9. The number of nitrogens with one attached hydrogen (secondary N) is 1. The van der Waals surface area contributed by atoms with Gasteiger partial charge < -0.3 is 4.42 Å². The van der Waals surface area contributed by atoms with E-state index < -0.39 is 0 Å². The van der Waals surface area contributed by atoms with Gasteiger partial charge in [0, 0.05) is 10.0 Å². The molecule has 26 heavy (non-hydrogen) atoms. The van der Waals surface area contributed by atoms with Gasteiger partial charge in [0.05, 0.1) is 24.3 Å². The van der Waals surface area contributed by atoms with Gasteiger partial charge in [-0.2, -0.15) is 10.4 Å². The molecule has 2 aromatic carbocycles. The number of carbonyl (C=O) groups is 1. The normalized spacial score (nSPS) is 10.6. The predicted molar refractivity (Wildman–Crippen MR) is 102 cm³/mol. The molecule has 0 aliphatic carbocycles. The minimum absolute atomic E-state index is 0.217. The van der Waals surface area contributed by atoms with E-state index in [4.69, 9.17) is 9.68 Å². The first-order chi connectivity index (χ1) is 12.7. The lowest BCUT2D eigenvalue weighted by Crippen LogP contribution is -2.19. The van der Waals surface area contributed by atoms with Gasteiger partial charge in [-0.3, -0.25) is 4.79 Å². The fourth-order valence-corrected chi connectivity index (χ4v) is 2.62. The van der Waals surface area contributed by atoms with Gasteiger partial charge in [0.15, 0.2) is 0 Å². The van der Waals surface area contributed by atoms with Crippen molar-refractivity contribution >= 4 is 28.1 Å². The third kappa shape index (κ3) is 4.47. The van der Waals surface area contributed by atoms with E-state index in [1.54, 1.807) is 24.3 Å². The van der Waals surface area contributed by atoms with Gasteiger partial charge in [-0.1, -0.05) is 40.2 Å². The number of hydrogen-bond donors (Lipinski definition) is 1. The Balaban J connectivity index is 1.61. The molecule has 0 saturated carbocycles. The first kappa shape index (κ1) is 17.6. The number of benzene rings is 2. The molecule has 0 saturated heterocycles. The van der Waals surface area contributed by atoms with Gasteiger partial charge in [0.25, 0.3) is 0 Å². The number of hydrazone groups is 1. The summed E-state index contributed by atoms with van der Waals surface area (Å²) in [5.41, 5.74) is 4.62. The summed E-state index contributed by atoms with van der Waals surface area (Å²) in [5.74, 6) is 0.839. The third-order valence-electron chi connectivity index (χ3n) is 3.60. The van der Waals surface area contributed by atoms with Crippen LogP contribution >= 0.6 is 15.9 Å². The zero-order chi connectivity index (χ0) is 18.4. The molecular weight excluding hydrogens is 394 g/mol. The highest BCUT2D eigenvalue weighted by atomic mass is 79.9. The van der Waals surface area contributed by atoms with Crippen molar-refractivity contribution in [2.24, 2.45) is 5.10 Å². The second-order valence-electron chi connectivity index (χ2n) is 5.46.